The first kappa shape index (κ1) is 13.7. The molecule has 0 aliphatic carbocycles. The SMILES string of the molecule is Cc1cc(C(=O)O)c(C(C)(C)C)nc1C(C)C. The highest BCUT2D eigenvalue weighted by Crippen LogP contribution is 2.28. The Balaban J connectivity index is 3.54. The number of aromatic nitrogens is 1. The van der Waals surface area contributed by atoms with Crippen LogP contribution in [0.3, 0.4) is 0 Å². The summed E-state index contributed by atoms with van der Waals surface area (Å²) in [7, 11) is 0. The number of aryl methyl sites for hydroxylation is 1. The molecule has 1 N–H and O–H groups in total. The van der Waals surface area contributed by atoms with E-state index >= 15 is 0 Å². The van der Waals surface area contributed by atoms with Gasteiger partial charge in [0.25, 0.3) is 0 Å². The monoisotopic (exact) mass is 235 g/mol. The largest absolute Gasteiger partial charge is 0.478 e. The molecule has 0 radical (unpaired) electrons. The molecule has 3 heteroatoms. The van der Waals surface area contributed by atoms with Crippen molar-refractivity contribution >= 4 is 5.97 Å². The summed E-state index contributed by atoms with van der Waals surface area (Å²) in [4.78, 5) is 15.8. The molecule has 0 fully saturated rings. The minimum Gasteiger partial charge on any atom is -0.478 e. The van der Waals surface area contributed by atoms with Crippen LogP contribution in [0.15, 0.2) is 6.07 Å². The molecule has 0 aliphatic rings. The number of hydrogen-bond acceptors (Lipinski definition) is 2. The van der Waals surface area contributed by atoms with E-state index in [-0.39, 0.29) is 5.41 Å². The van der Waals surface area contributed by atoms with E-state index in [1.807, 2.05) is 27.7 Å². The first-order valence-corrected chi connectivity index (χ1v) is 5.90. The van der Waals surface area contributed by atoms with Crippen LogP contribution in [0.5, 0.6) is 0 Å². The molecule has 3 nitrogen and oxygen atoms in total. The van der Waals surface area contributed by atoms with Gasteiger partial charge in [-0.1, -0.05) is 34.6 Å². The maximum Gasteiger partial charge on any atom is 0.337 e. The van der Waals surface area contributed by atoms with Crippen LogP contribution in [0, 0.1) is 6.92 Å². The summed E-state index contributed by atoms with van der Waals surface area (Å²) >= 11 is 0. The third-order valence-corrected chi connectivity index (χ3v) is 2.74. The van der Waals surface area contributed by atoms with Gasteiger partial charge in [-0.05, 0) is 24.5 Å². The molecule has 0 amide bonds. The summed E-state index contributed by atoms with van der Waals surface area (Å²) in [6.07, 6.45) is 0. The zero-order valence-corrected chi connectivity index (χ0v) is 11.5. The highest BCUT2D eigenvalue weighted by atomic mass is 16.4. The van der Waals surface area contributed by atoms with E-state index in [0.29, 0.717) is 17.2 Å². The topological polar surface area (TPSA) is 50.2 Å². The first-order chi connectivity index (χ1) is 7.64. The zero-order valence-electron chi connectivity index (χ0n) is 11.5. The molecular formula is C14H21NO2. The van der Waals surface area contributed by atoms with Crippen LogP contribution < -0.4 is 0 Å². The normalized spacial score (nSPS) is 11.9. The second-order valence-electron chi connectivity index (χ2n) is 5.80. The van der Waals surface area contributed by atoms with Gasteiger partial charge in [0, 0.05) is 11.1 Å². The van der Waals surface area contributed by atoms with Crippen LogP contribution in [0.4, 0.5) is 0 Å². The minimum absolute atomic E-state index is 0.259. The fraction of sp³-hybridized carbons (Fsp3) is 0.571. The predicted molar refractivity (Wildman–Crippen MR) is 68.7 cm³/mol. The number of carbonyl (C=O) groups is 1. The second-order valence-corrected chi connectivity index (χ2v) is 5.80. The van der Waals surface area contributed by atoms with Crippen molar-refractivity contribution < 1.29 is 9.90 Å². The number of pyridine rings is 1. The molecular weight excluding hydrogens is 214 g/mol. The lowest BCUT2D eigenvalue weighted by atomic mass is 9.86. The quantitative estimate of drug-likeness (QED) is 0.853. The summed E-state index contributed by atoms with van der Waals surface area (Å²) in [5.41, 5.74) is 2.66. The van der Waals surface area contributed by atoms with E-state index in [0.717, 1.165) is 11.3 Å². The van der Waals surface area contributed by atoms with Gasteiger partial charge in [0.1, 0.15) is 0 Å². The molecule has 0 spiro atoms. The van der Waals surface area contributed by atoms with Gasteiger partial charge in [0.15, 0.2) is 0 Å². The van der Waals surface area contributed by atoms with Gasteiger partial charge in [0.05, 0.1) is 11.3 Å². The molecule has 1 heterocycles. The van der Waals surface area contributed by atoms with E-state index in [1.165, 1.54) is 0 Å². The lowest BCUT2D eigenvalue weighted by Crippen LogP contribution is -2.21. The highest BCUT2D eigenvalue weighted by Gasteiger charge is 2.25. The van der Waals surface area contributed by atoms with Gasteiger partial charge in [-0.15, -0.1) is 0 Å². The Morgan fingerprint density at radius 2 is 1.88 bits per heavy atom. The van der Waals surface area contributed by atoms with Gasteiger partial charge in [-0.25, -0.2) is 4.79 Å². The zero-order chi connectivity index (χ0) is 13.4. The van der Waals surface area contributed by atoms with Crippen LogP contribution in [-0.4, -0.2) is 16.1 Å². The predicted octanol–water partition coefficient (Wildman–Crippen LogP) is 3.51. The highest BCUT2D eigenvalue weighted by molar-refractivity contribution is 5.89. The lowest BCUT2D eigenvalue weighted by molar-refractivity contribution is 0.0693. The van der Waals surface area contributed by atoms with Crippen molar-refractivity contribution in [2.45, 2.75) is 52.9 Å². The maximum absolute atomic E-state index is 11.3. The van der Waals surface area contributed by atoms with Gasteiger partial charge < -0.3 is 5.11 Å². The molecule has 0 saturated carbocycles. The molecule has 17 heavy (non-hydrogen) atoms. The van der Waals surface area contributed by atoms with Crippen LogP contribution in [0.25, 0.3) is 0 Å². The standard InChI is InChI=1S/C14H21NO2/c1-8(2)11-9(3)7-10(13(16)17)12(15-11)14(4,5)6/h7-8H,1-6H3,(H,16,17). The Kier molecular flexibility index (Phi) is 3.60. The summed E-state index contributed by atoms with van der Waals surface area (Å²) in [5.74, 6) is -0.597. The Morgan fingerprint density at radius 3 is 2.24 bits per heavy atom. The lowest BCUT2D eigenvalue weighted by Gasteiger charge is -2.23. The summed E-state index contributed by atoms with van der Waals surface area (Å²) in [6, 6.07) is 1.74. The summed E-state index contributed by atoms with van der Waals surface area (Å²) < 4.78 is 0. The van der Waals surface area contributed by atoms with Crippen LogP contribution in [-0.2, 0) is 5.41 Å². The molecule has 1 rings (SSSR count). The van der Waals surface area contributed by atoms with Crippen LogP contribution in [0.2, 0.25) is 0 Å². The summed E-state index contributed by atoms with van der Waals surface area (Å²) in [6.45, 7) is 12.0. The molecule has 0 aromatic carbocycles. The average Bonchev–Trinajstić information content (AvgIpc) is 2.14. The molecule has 94 valence electrons. The molecule has 0 aliphatic heterocycles. The molecule has 0 unspecified atom stereocenters. The van der Waals surface area contributed by atoms with Crippen molar-refractivity contribution in [2.24, 2.45) is 0 Å². The second kappa shape index (κ2) is 4.47. The Morgan fingerprint density at radius 1 is 1.35 bits per heavy atom. The smallest absolute Gasteiger partial charge is 0.337 e. The molecule has 1 aromatic heterocycles. The van der Waals surface area contributed by atoms with Crippen LogP contribution >= 0.6 is 0 Å². The van der Waals surface area contributed by atoms with E-state index in [2.05, 4.69) is 18.8 Å². The maximum atomic E-state index is 11.3. The van der Waals surface area contributed by atoms with Crippen molar-refractivity contribution in [2.75, 3.05) is 0 Å². The van der Waals surface area contributed by atoms with Gasteiger partial charge in [0.2, 0.25) is 0 Å². The number of carboxylic acids is 1. The number of aromatic carboxylic acids is 1. The number of hydrogen-bond donors (Lipinski definition) is 1. The number of carboxylic acid groups (broad SMARTS) is 1. The Labute approximate surface area is 103 Å². The molecule has 0 saturated heterocycles. The Hall–Kier alpha value is -1.38. The molecule has 0 bridgehead atoms. The van der Waals surface area contributed by atoms with E-state index < -0.39 is 5.97 Å². The minimum atomic E-state index is -0.902. The van der Waals surface area contributed by atoms with E-state index in [9.17, 15) is 9.90 Å². The van der Waals surface area contributed by atoms with E-state index in [4.69, 9.17) is 0 Å². The van der Waals surface area contributed by atoms with Crippen molar-refractivity contribution in [1.29, 1.82) is 0 Å². The van der Waals surface area contributed by atoms with E-state index in [1.54, 1.807) is 6.07 Å². The summed E-state index contributed by atoms with van der Waals surface area (Å²) in [5, 5.41) is 9.24. The molecule has 0 atom stereocenters. The molecule has 1 aromatic rings. The average molecular weight is 235 g/mol. The van der Waals surface area contributed by atoms with Gasteiger partial charge in [-0.3, -0.25) is 4.98 Å². The van der Waals surface area contributed by atoms with Crippen molar-refractivity contribution in [3.05, 3.63) is 28.6 Å². The van der Waals surface area contributed by atoms with Gasteiger partial charge >= 0.3 is 5.97 Å². The fourth-order valence-corrected chi connectivity index (χ4v) is 1.95. The Bertz CT molecular complexity index is 442. The van der Waals surface area contributed by atoms with Crippen molar-refractivity contribution in [3.8, 4) is 0 Å². The first-order valence-electron chi connectivity index (χ1n) is 5.90. The number of rotatable bonds is 2. The third-order valence-electron chi connectivity index (χ3n) is 2.74. The van der Waals surface area contributed by atoms with Gasteiger partial charge in [-0.2, -0.15) is 0 Å². The van der Waals surface area contributed by atoms with Crippen LogP contribution in [0.1, 0.15) is 67.8 Å². The number of nitrogens with zero attached hydrogens (tertiary/aromatic N) is 1. The fourth-order valence-electron chi connectivity index (χ4n) is 1.95. The van der Waals surface area contributed by atoms with Crippen molar-refractivity contribution in [1.82, 2.24) is 4.98 Å². The van der Waals surface area contributed by atoms with Crippen molar-refractivity contribution in [3.63, 3.8) is 0 Å². The third kappa shape index (κ3) is 2.84.